The fourth-order valence-electron chi connectivity index (χ4n) is 3.13. The number of benzene rings is 1. The smallest absolute Gasteiger partial charge is 0.275 e. The first-order valence-electron chi connectivity index (χ1n) is 9.33. The number of hydrogen-bond donors (Lipinski definition) is 0. The molecule has 0 aliphatic carbocycles. The van der Waals surface area contributed by atoms with E-state index in [1.807, 2.05) is 19.9 Å². The third kappa shape index (κ3) is 4.56. The number of furan rings is 1. The van der Waals surface area contributed by atoms with Crippen LogP contribution in [0.25, 0.3) is 0 Å². The zero-order chi connectivity index (χ0) is 21.4. The predicted molar refractivity (Wildman–Crippen MR) is 110 cm³/mol. The van der Waals surface area contributed by atoms with Crippen LogP contribution >= 0.6 is 0 Å². The van der Waals surface area contributed by atoms with Crippen LogP contribution in [0.4, 0.5) is 0 Å². The third-order valence-electron chi connectivity index (χ3n) is 5.20. The molecule has 1 aromatic heterocycles. The van der Waals surface area contributed by atoms with Gasteiger partial charge in [-0.1, -0.05) is 6.07 Å². The Balaban J connectivity index is 1.64. The zero-order valence-electron chi connectivity index (χ0n) is 17.1. The number of hydrogen-bond acceptors (Lipinski definition) is 6. The summed E-state index contributed by atoms with van der Waals surface area (Å²) in [7, 11) is -4.22. The van der Waals surface area contributed by atoms with E-state index in [4.69, 9.17) is 4.42 Å². The predicted octanol–water partition coefficient (Wildman–Crippen LogP) is 1.65. The Kier molecular flexibility index (Phi) is 6.21. The lowest BCUT2D eigenvalue weighted by Gasteiger charge is -2.33. The van der Waals surface area contributed by atoms with Crippen LogP contribution in [0.1, 0.15) is 16.9 Å². The van der Waals surface area contributed by atoms with Gasteiger partial charge in [0, 0.05) is 40.3 Å². The molecule has 0 N–H and O–H groups in total. The van der Waals surface area contributed by atoms with Crippen molar-refractivity contribution in [3.63, 3.8) is 0 Å². The highest BCUT2D eigenvalue weighted by molar-refractivity contribution is 7.89. The van der Waals surface area contributed by atoms with E-state index < -0.39 is 20.0 Å². The van der Waals surface area contributed by atoms with Crippen LogP contribution in [0.5, 0.6) is 0 Å². The summed E-state index contributed by atoms with van der Waals surface area (Å²) in [6.07, 6.45) is 0. The third-order valence-corrected chi connectivity index (χ3v) is 8.78. The van der Waals surface area contributed by atoms with Crippen molar-refractivity contribution in [3.8, 4) is 0 Å². The van der Waals surface area contributed by atoms with Crippen molar-refractivity contribution in [3.05, 3.63) is 47.2 Å². The molecule has 0 saturated carbocycles. The largest absolute Gasteiger partial charge is 0.447 e. The molecule has 0 unspecified atom stereocenters. The molecular weight excluding hydrogens is 414 g/mol. The van der Waals surface area contributed by atoms with Crippen molar-refractivity contribution < 1.29 is 21.3 Å². The normalized spacial score (nSPS) is 17.1. The second kappa shape index (κ2) is 8.19. The first-order chi connectivity index (χ1) is 13.5. The number of rotatable bonds is 6. The van der Waals surface area contributed by atoms with Gasteiger partial charge in [-0.3, -0.25) is 4.90 Å². The molecule has 3 rings (SSSR count). The molecule has 29 heavy (non-hydrogen) atoms. The van der Waals surface area contributed by atoms with Crippen molar-refractivity contribution in [2.75, 3.05) is 40.3 Å². The van der Waals surface area contributed by atoms with Gasteiger partial charge in [-0.2, -0.15) is 4.31 Å². The van der Waals surface area contributed by atoms with Crippen molar-refractivity contribution in [1.29, 1.82) is 0 Å². The van der Waals surface area contributed by atoms with Gasteiger partial charge in [0.1, 0.15) is 5.76 Å². The van der Waals surface area contributed by atoms with Crippen LogP contribution in [-0.4, -0.2) is 70.6 Å². The van der Waals surface area contributed by atoms with Gasteiger partial charge in [0.25, 0.3) is 10.0 Å². The van der Waals surface area contributed by atoms with E-state index in [1.165, 1.54) is 24.5 Å². The molecule has 10 heteroatoms. The van der Waals surface area contributed by atoms with Crippen LogP contribution < -0.4 is 0 Å². The zero-order valence-corrected chi connectivity index (χ0v) is 18.8. The Morgan fingerprint density at radius 1 is 0.931 bits per heavy atom. The van der Waals surface area contributed by atoms with Crippen LogP contribution in [0.3, 0.4) is 0 Å². The molecule has 0 bridgehead atoms. The van der Waals surface area contributed by atoms with Gasteiger partial charge in [0.15, 0.2) is 0 Å². The molecular formula is C19H27N3O5S2. The molecule has 160 valence electrons. The van der Waals surface area contributed by atoms with E-state index in [9.17, 15) is 16.8 Å². The molecule has 1 aliphatic rings. The summed E-state index contributed by atoms with van der Waals surface area (Å²) in [5, 5.41) is -0.0894. The molecule has 1 fully saturated rings. The Morgan fingerprint density at radius 2 is 1.59 bits per heavy atom. The first-order valence-corrected chi connectivity index (χ1v) is 12.2. The van der Waals surface area contributed by atoms with Gasteiger partial charge >= 0.3 is 0 Å². The molecule has 1 aromatic carbocycles. The molecule has 1 saturated heterocycles. The van der Waals surface area contributed by atoms with Gasteiger partial charge in [-0.25, -0.2) is 21.1 Å². The summed E-state index contributed by atoms with van der Waals surface area (Å²) in [4.78, 5) is 2.37. The van der Waals surface area contributed by atoms with E-state index in [-0.39, 0.29) is 5.09 Å². The van der Waals surface area contributed by atoms with Crippen molar-refractivity contribution in [2.45, 2.75) is 30.4 Å². The van der Waals surface area contributed by atoms with Crippen LogP contribution in [0.2, 0.25) is 0 Å². The molecule has 2 aromatic rings. The maximum Gasteiger partial charge on any atom is 0.275 e. The lowest BCUT2D eigenvalue weighted by molar-refractivity contribution is 0.168. The van der Waals surface area contributed by atoms with Gasteiger partial charge in [0.05, 0.1) is 11.4 Å². The number of nitrogens with zero attached hydrogens (tertiary/aromatic N) is 3. The summed E-state index contributed by atoms with van der Waals surface area (Å²) in [5.74, 6) is 0.538. The SMILES string of the molecule is Cc1ccc(S(=O)(=O)N2CCN(Cc3ccc(S(=O)(=O)N(C)C)o3)CC2)cc1C. The quantitative estimate of drug-likeness (QED) is 0.677. The van der Waals surface area contributed by atoms with Crippen molar-refractivity contribution >= 4 is 20.0 Å². The number of piperazine rings is 1. The first kappa shape index (κ1) is 22.0. The average Bonchev–Trinajstić information content (AvgIpc) is 3.13. The minimum atomic E-state index is -3.60. The molecule has 1 aliphatic heterocycles. The highest BCUT2D eigenvalue weighted by Gasteiger charge is 2.29. The Hall–Kier alpha value is -1.72. The Labute approximate surface area is 172 Å². The summed E-state index contributed by atoms with van der Waals surface area (Å²) < 4.78 is 58.2. The molecule has 0 spiro atoms. The van der Waals surface area contributed by atoms with Gasteiger partial charge < -0.3 is 4.42 Å². The fraction of sp³-hybridized carbons (Fsp3) is 0.474. The summed E-state index contributed by atoms with van der Waals surface area (Å²) in [6, 6.07) is 8.29. The number of aryl methyl sites for hydroxylation is 2. The van der Waals surface area contributed by atoms with E-state index in [0.29, 0.717) is 43.4 Å². The summed E-state index contributed by atoms with van der Waals surface area (Å²) in [6.45, 7) is 6.12. The van der Waals surface area contributed by atoms with Gasteiger partial charge in [0.2, 0.25) is 15.1 Å². The Bertz CT molecular complexity index is 1080. The summed E-state index contributed by atoms with van der Waals surface area (Å²) in [5.41, 5.74) is 2.01. The Morgan fingerprint density at radius 3 is 2.17 bits per heavy atom. The second-order valence-electron chi connectivity index (χ2n) is 7.43. The van der Waals surface area contributed by atoms with Gasteiger partial charge in [-0.05, 0) is 49.2 Å². The highest BCUT2D eigenvalue weighted by Crippen LogP contribution is 2.22. The minimum Gasteiger partial charge on any atom is -0.447 e. The molecule has 8 nitrogen and oxygen atoms in total. The topological polar surface area (TPSA) is 91.1 Å². The summed E-state index contributed by atoms with van der Waals surface area (Å²) >= 11 is 0. The second-order valence-corrected chi connectivity index (χ2v) is 11.5. The molecule has 0 radical (unpaired) electrons. The highest BCUT2D eigenvalue weighted by atomic mass is 32.2. The molecule has 2 heterocycles. The van der Waals surface area contributed by atoms with E-state index in [0.717, 1.165) is 15.4 Å². The van der Waals surface area contributed by atoms with E-state index in [1.54, 1.807) is 18.2 Å². The van der Waals surface area contributed by atoms with Crippen molar-refractivity contribution in [2.24, 2.45) is 0 Å². The van der Waals surface area contributed by atoms with E-state index in [2.05, 4.69) is 4.90 Å². The van der Waals surface area contributed by atoms with E-state index >= 15 is 0 Å². The maximum atomic E-state index is 12.9. The minimum absolute atomic E-state index is 0.0894. The van der Waals surface area contributed by atoms with Crippen LogP contribution in [0, 0.1) is 13.8 Å². The van der Waals surface area contributed by atoms with Gasteiger partial charge in [-0.15, -0.1) is 0 Å². The standard InChI is InChI=1S/C19H27N3O5S2/c1-15-5-7-18(13-16(15)2)28(23,24)22-11-9-21(10-12-22)14-17-6-8-19(27-17)29(25,26)20(3)4/h5-8,13H,9-12,14H2,1-4H3. The molecule has 0 amide bonds. The lowest BCUT2D eigenvalue weighted by atomic mass is 10.1. The molecule has 0 atom stereocenters. The van der Waals surface area contributed by atoms with Crippen LogP contribution in [-0.2, 0) is 26.6 Å². The fourth-order valence-corrected chi connectivity index (χ4v) is 5.45. The lowest BCUT2D eigenvalue weighted by Crippen LogP contribution is -2.48. The number of sulfonamides is 2. The monoisotopic (exact) mass is 441 g/mol. The van der Waals surface area contributed by atoms with Crippen molar-refractivity contribution in [1.82, 2.24) is 13.5 Å². The average molecular weight is 442 g/mol. The van der Waals surface area contributed by atoms with Crippen LogP contribution in [0.15, 0.2) is 44.7 Å². The maximum absolute atomic E-state index is 12.9.